The summed E-state index contributed by atoms with van der Waals surface area (Å²) in [6.45, 7) is 1.18. The third-order valence-corrected chi connectivity index (χ3v) is 7.51. The van der Waals surface area contributed by atoms with Gasteiger partial charge < -0.3 is 19.9 Å². The zero-order chi connectivity index (χ0) is 20.3. The summed E-state index contributed by atoms with van der Waals surface area (Å²) in [7, 11) is 0. The van der Waals surface area contributed by atoms with Crippen LogP contribution in [0.5, 0.6) is 0 Å². The Balaban J connectivity index is 1.19. The second kappa shape index (κ2) is 6.71. The normalized spacial score (nSPS) is 32.5. The van der Waals surface area contributed by atoms with Crippen LogP contribution in [0.3, 0.4) is 0 Å². The first kappa shape index (κ1) is 18.2. The molecule has 1 aromatic carbocycles. The minimum Gasteiger partial charge on any atom is -0.361 e. The van der Waals surface area contributed by atoms with Gasteiger partial charge in [0, 0.05) is 29.7 Å². The molecule has 4 heterocycles. The largest absolute Gasteiger partial charge is 0.361 e. The SMILES string of the molecule is O=C(NC1CCCC1)[C@@H]1[C@@H]2C=C[C@@]3(CN(CCc4c[nH]c5ccccc45)C(=O)[C@H]13)O2. The van der Waals surface area contributed by atoms with Crippen molar-refractivity contribution in [3.8, 4) is 0 Å². The van der Waals surface area contributed by atoms with E-state index >= 15 is 0 Å². The van der Waals surface area contributed by atoms with Crippen molar-refractivity contribution in [2.24, 2.45) is 11.8 Å². The lowest BCUT2D eigenvalue weighted by Crippen LogP contribution is -2.46. The Bertz CT molecular complexity index is 1040. The van der Waals surface area contributed by atoms with Gasteiger partial charge in [0.25, 0.3) is 0 Å². The van der Waals surface area contributed by atoms with Gasteiger partial charge in [-0.15, -0.1) is 0 Å². The molecule has 3 fully saturated rings. The highest BCUT2D eigenvalue weighted by Gasteiger charge is 2.66. The van der Waals surface area contributed by atoms with E-state index in [2.05, 4.69) is 22.4 Å². The molecule has 156 valence electrons. The first-order chi connectivity index (χ1) is 14.6. The van der Waals surface area contributed by atoms with Crippen molar-refractivity contribution < 1.29 is 14.3 Å². The third kappa shape index (κ3) is 2.66. The van der Waals surface area contributed by atoms with E-state index in [-0.39, 0.29) is 24.0 Å². The lowest BCUT2D eigenvalue weighted by molar-refractivity contribution is -0.137. The number of para-hydroxylation sites is 1. The number of aromatic amines is 1. The first-order valence-electron chi connectivity index (χ1n) is 11.2. The molecule has 6 heteroatoms. The third-order valence-electron chi connectivity index (χ3n) is 7.51. The maximum absolute atomic E-state index is 13.4. The van der Waals surface area contributed by atoms with E-state index < -0.39 is 17.4 Å². The van der Waals surface area contributed by atoms with Crippen LogP contribution in [0, 0.1) is 11.8 Å². The van der Waals surface area contributed by atoms with E-state index in [0.29, 0.717) is 13.1 Å². The van der Waals surface area contributed by atoms with E-state index in [4.69, 9.17) is 4.74 Å². The van der Waals surface area contributed by atoms with Gasteiger partial charge in [0.05, 0.1) is 24.5 Å². The van der Waals surface area contributed by atoms with Crippen LogP contribution in [0.4, 0.5) is 0 Å². The Labute approximate surface area is 175 Å². The number of nitrogens with zero attached hydrogens (tertiary/aromatic N) is 1. The van der Waals surface area contributed by atoms with Gasteiger partial charge in [-0.05, 0) is 30.9 Å². The van der Waals surface area contributed by atoms with Gasteiger partial charge in [0.2, 0.25) is 11.8 Å². The average Bonchev–Trinajstić information content (AvgIpc) is 3.55. The van der Waals surface area contributed by atoms with Crippen molar-refractivity contribution in [2.75, 3.05) is 13.1 Å². The lowest BCUT2D eigenvalue weighted by Gasteiger charge is -2.25. The summed E-state index contributed by atoms with van der Waals surface area (Å²) in [5.41, 5.74) is 1.70. The van der Waals surface area contributed by atoms with Crippen molar-refractivity contribution in [3.63, 3.8) is 0 Å². The highest BCUT2D eigenvalue weighted by molar-refractivity contribution is 5.93. The summed E-state index contributed by atoms with van der Waals surface area (Å²) < 4.78 is 6.25. The van der Waals surface area contributed by atoms with E-state index in [0.717, 1.165) is 24.8 Å². The summed E-state index contributed by atoms with van der Waals surface area (Å²) in [5.74, 6) is -0.735. The molecule has 6 nitrogen and oxygen atoms in total. The summed E-state index contributed by atoms with van der Waals surface area (Å²) in [6, 6.07) is 8.48. The number of H-pyrrole nitrogens is 1. The van der Waals surface area contributed by atoms with Crippen LogP contribution >= 0.6 is 0 Å². The van der Waals surface area contributed by atoms with Crippen LogP contribution in [0.25, 0.3) is 10.9 Å². The number of likely N-dealkylation sites (tertiary alicyclic amines) is 1. The highest BCUT2D eigenvalue weighted by Crippen LogP contribution is 2.52. The molecule has 2 aromatic rings. The Morgan fingerprint density at radius 1 is 1.27 bits per heavy atom. The zero-order valence-corrected chi connectivity index (χ0v) is 17.0. The van der Waals surface area contributed by atoms with Gasteiger partial charge >= 0.3 is 0 Å². The highest BCUT2D eigenvalue weighted by atomic mass is 16.5. The number of hydrogen-bond donors (Lipinski definition) is 2. The monoisotopic (exact) mass is 405 g/mol. The topological polar surface area (TPSA) is 74.4 Å². The number of rotatable bonds is 5. The molecule has 2 N–H and O–H groups in total. The van der Waals surface area contributed by atoms with Crippen molar-refractivity contribution in [2.45, 2.75) is 49.9 Å². The van der Waals surface area contributed by atoms with Crippen molar-refractivity contribution in [1.82, 2.24) is 15.2 Å². The van der Waals surface area contributed by atoms with Crippen LogP contribution in [0.1, 0.15) is 31.2 Å². The molecule has 0 unspecified atom stereocenters. The van der Waals surface area contributed by atoms with E-state index in [9.17, 15) is 9.59 Å². The second-order valence-electron chi connectivity index (χ2n) is 9.26. The maximum atomic E-state index is 13.4. The Morgan fingerprint density at radius 2 is 2.10 bits per heavy atom. The second-order valence-corrected chi connectivity index (χ2v) is 9.26. The standard InChI is InChI=1S/C24H27N3O3/c28-22(26-16-5-1-2-6-16)20-19-9-11-24(30-19)14-27(23(29)21(20)24)12-10-15-13-25-18-8-4-3-7-17(15)18/h3-4,7-9,11,13,16,19-21,25H,1-2,5-6,10,12,14H2,(H,26,28)/t19-,20+,21-,24-/m0/s1. The molecule has 1 saturated carbocycles. The fraction of sp³-hybridized carbons (Fsp3) is 0.500. The predicted octanol–water partition coefficient (Wildman–Crippen LogP) is 2.55. The maximum Gasteiger partial charge on any atom is 0.230 e. The van der Waals surface area contributed by atoms with Gasteiger partial charge in [-0.1, -0.05) is 43.2 Å². The first-order valence-corrected chi connectivity index (χ1v) is 11.2. The summed E-state index contributed by atoms with van der Waals surface area (Å²) in [4.78, 5) is 31.6. The van der Waals surface area contributed by atoms with Gasteiger partial charge in [-0.3, -0.25) is 9.59 Å². The number of hydrogen-bond acceptors (Lipinski definition) is 3. The minimum absolute atomic E-state index is 0.00467. The van der Waals surface area contributed by atoms with Crippen LogP contribution in [-0.4, -0.2) is 52.5 Å². The van der Waals surface area contributed by atoms with Gasteiger partial charge in [-0.2, -0.15) is 0 Å². The Hall–Kier alpha value is -2.60. The molecule has 30 heavy (non-hydrogen) atoms. The number of carbonyl (C=O) groups is 2. The molecule has 6 rings (SSSR count). The smallest absolute Gasteiger partial charge is 0.230 e. The molecule has 1 aliphatic carbocycles. The van der Waals surface area contributed by atoms with Crippen molar-refractivity contribution >= 4 is 22.7 Å². The van der Waals surface area contributed by atoms with Gasteiger partial charge in [0.1, 0.15) is 5.60 Å². The molecular formula is C24H27N3O3. The van der Waals surface area contributed by atoms with Crippen LogP contribution < -0.4 is 5.32 Å². The van der Waals surface area contributed by atoms with E-state index in [1.807, 2.05) is 35.4 Å². The molecule has 2 amide bonds. The lowest BCUT2D eigenvalue weighted by atomic mass is 9.76. The quantitative estimate of drug-likeness (QED) is 0.751. The van der Waals surface area contributed by atoms with Crippen LogP contribution in [-0.2, 0) is 20.7 Å². The number of aromatic nitrogens is 1. The molecule has 3 aliphatic heterocycles. The molecule has 2 bridgehead atoms. The zero-order valence-electron chi connectivity index (χ0n) is 17.0. The summed E-state index contributed by atoms with van der Waals surface area (Å²) in [6.07, 6.45) is 11.0. The molecule has 4 atom stereocenters. The predicted molar refractivity (Wildman–Crippen MR) is 113 cm³/mol. The molecule has 2 saturated heterocycles. The van der Waals surface area contributed by atoms with E-state index in [1.165, 1.54) is 23.8 Å². The van der Waals surface area contributed by atoms with Crippen LogP contribution in [0.15, 0.2) is 42.6 Å². The summed E-state index contributed by atoms with van der Waals surface area (Å²) >= 11 is 0. The molecule has 4 aliphatic rings. The fourth-order valence-electron chi connectivity index (χ4n) is 6.03. The van der Waals surface area contributed by atoms with Gasteiger partial charge in [-0.25, -0.2) is 0 Å². The Kier molecular flexibility index (Phi) is 4.07. The molecule has 1 spiro atoms. The summed E-state index contributed by atoms with van der Waals surface area (Å²) in [5, 5.41) is 4.40. The fourth-order valence-corrected chi connectivity index (χ4v) is 6.03. The molecular weight excluding hydrogens is 378 g/mol. The van der Waals surface area contributed by atoms with Crippen molar-refractivity contribution in [1.29, 1.82) is 0 Å². The number of carbonyl (C=O) groups excluding carboxylic acids is 2. The number of nitrogens with one attached hydrogen (secondary N) is 2. The van der Waals surface area contributed by atoms with Crippen molar-refractivity contribution in [3.05, 3.63) is 48.2 Å². The number of fused-ring (bicyclic) bond motifs is 2. The van der Waals surface area contributed by atoms with Gasteiger partial charge in [0.15, 0.2) is 0 Å². The Morgan fingerprint density at radius 3 is 2.97 bits per heavy atom. The van der Waals surface area contributed by atoms with Crippen LogP contribution in [0.2, 0.25) is 0 Å². The van der Waals surface area contributed by atoms with E-state index in [1.54, 1.807) is 0 Å². The number of ether oxygens (including phenoxy) is 1. The average molecular weight is 405 g/mol. The minimum atomic E-state index is -0.625. The molecule has 1 aromatic heterocycles. The number of benzene rings is 1. The molecule has 0 radical (unpaired) electrons. The number of amides is 2.